The third kappa shape index (κ3) is 3.78. The first-order chi connectivity index (χ1) is 10.5. The largest absolute Gasteiger partial charge is 0.481 e. The van der Waals surface area contributed by atoms with Gasteiger partial charge in [0.25, 0.3) is 0 Å². The zero-order chi connectivity index (χ0) is 17.4. The summed E-state index contributed by atoms with van der Waals surface area (Å²) in [6, 6.07) is 7.09. The van der Waals surface area contributed by atoms with E-state index in [9.17, 15) is 14.7 Å². The minimum absolute atomic E-state index is 0.116. The van der Waals surface area contributed by atoms with Gasteiger partial charge < -0.3 is 14.7 Å². The average molecular weight is 340 g/mol. The number of carboxylic acid groups (broad SMARTS) is 1. The van der Waals surface area contributed by atoms with Crippen molar-refractivity contribution in [2.75, 3.05) is 13.1 Å². The molecule has 1 N–H and O–H groups in total. The van der Waals surface area contributed by atoms with Gasteiger partial charge in [-0.15, -0.1) is 0 Å². The number of rotatable bonds is 2. The van der Waals surface area contributed by atoms with Gasteiger partial charge in [0.2, 0.25) is 0 Å². The van der Waals surface area contributed by atoms with E-state index in [0.29, 0.717) is 11.6 Å². The van der Waals surface area contributed by atoms with E-state index in [2.05, 4.69) is 0 Å². The predicted molar refractivity (Wildman–Crippen MR) is 87.7 cm³/mol. The van der Waals surface area contributed by atoms with Gasteiger partial charge >= 0.3 is 12.1 Å². The Morgan fingerprint density at radius 1 is 1.30 bits per heavy atom. The Hall–Kier alpha value is -1.75. The maximum absolute atomic E-state index is 12.3. The number of likely N-dealkylation sites (tertiary alicyclic amines) is 1. The number of carboxylic acids is 1. The highest BCUT2D eigenvalue weighted by molar-refractivity contribution is 6.30. The normalized spacial score (nSPS) is 24.6. The fourth-order valence-electron chi connectivity index (χ4n) is 2.84. The Balaban J connectivity index is 2.28. The molecular weight excluding hydrogens is 318 g/mol. The molecule has 1 aliphatic heterocycles. The first-order valence-corrected chi connectivity index (χ1v) is 7.87. The molecule has 2 atom stereocenters. The van der Waals surface area contributed by atoms with E-state index in [1.807, 2.05) is 12.1 Å². The number of carbonyl (C=O) groups is 2. The maximum Gasteiger partial charge on any atom is 0.410 e. The van der Waals surface area contributed by atoms with E-state index < -0.39 is 23.1 Å². The molecule has 0 bridgehead atoms. The van der Waals surface area contributed by atoms with Gasteiger partial charge in [-0.3, -0.25) is 4.79 Å². The van der Waals surface area contributed by atoms with Gasteiger partial charge in [-0.2, -0.15) is 0 Å². The summed E-state index contributed by atoms with van der Waals surface area (Å²) in [7, 11) is 0. The molecular formula is C17H22ClNO4. The smallest absolute Gasteiger partial charge is 0.410 e. The topological polar surface area (TPSA) is 66.8 Å². The van der Waals surface area contributed by atoms with Gasteiger partial charge in [0.1, 0.15) is 5.60 Å². The van der Waals surface area contributed by atoms with Crippen molar-refractivity contribution in [3.05, 3.63) is 34.9 Å². The molecule has 2 rings (SSSR count). The van der Waals surface area contributed by atoms with Crippen LogP contribution >= 0.6 is 11.6 Å². The summed E-state index contributed by atoms with van der Waals surface area (Å²) in [5.74, 6) is -1.24. The second kappa shape index (κ2) is 6.04. The molecule has 0 aromatic heterocycles. The Kier molecular flexibility index (Phi) is 4.62. The van der Waals surface area contributed by atoms with Crippen LogP contribution in [0.1, 0.15) is 39.2 Å². The average Bonchev–Trinajstić information content (AvgIpc) is 2.77. The van der Waals surface area contributed by atoms with E-state index >= 15 is 0 Å². The molecule has 1 aromatic carbocycles. The first-order valence-electron chi connectivity index (χ1n) is 7.50. The van der Waals surface area contributed by atoms with Crippen molar-refractivity contribution in [3.8, 4) is 0 Å². The molecule has 126 valence electrons. The van der Waals surface area contributed by atoms with Crippen LogP contribution < -0.4 is 0 Å². The summed E-state index contributed by atoms with van der Waals surface area (Å²) in [5, 5.41) is 10.3. The highest BCUT2D eigenvalue weighted by Gasteiger charge is 2.51. The Morgan fingerprint density at radius 3 is 2.35 bits per heavy atom. The molecule has 0 radical (unpaired) electrons. The number of hydrogen-bond acceptors (Lipinski definition) is 3. The minimum atomic E-state index is -1.06. The lowest BCUT2D eigenvalue weighted by Gasteiger charge is -2.26. The SMILES string of the molecule is CC(C)(C)OC(=O)N1C[C@@H](c2ccc(Cl)cc2)[C@](C)(C(=O)O)C1. The zero-order valence-corrected chi connectivity index (χ0v) is 14.6. The van der Waals surface area contributed by atoms with Gasteiger partial charge in [0.15, 0.2) is 0 Å². The van der Waals surface area contributed by atoms with E-state index in [-0.39, 0.29) is 12.5 Å². The van der Waals surface area contributed by atoms with Crippen molar-refractivity contribution >= 4 is 23.7 Å². The summed E-state index contributed by atoms with van der Waals surface area (Å²) in [6.45, 7) is 7.44. The Morgan fingerprint density at radius 2 is 1.87 bits per heavy atom. The summed E-state index contributed by atoms with van der Waals surface area (Å²) >= 11 is 5.90. The molecule has 0 unspecified atom stereocenters. The fourth-order valence-corrected chi connectivity index (χ4v) is 2.97. The van der Waals surface area contributed by atoms with Crippen molar-refractivity contribution in [2.45, 2.75) is 39.2 Å². The number of aliphatic carboxylic acids is 1. The number of amides is 1. The second-order valence-corrected chi connectivity index (χ2v) is 7.62. The van der Waals surface area contributed by atoms with Gasteiger partial charge in [-0.1, -0.05) is 23.7 Å². The van der Waals surface area contributed by atoms with Crippen molar-refractivity contribution in [1.29, 1.82) is 0 Å². The fraction of sp³-hybridized carbons (Fsp3) is 0.529. The lowest BCUT2D eigenvalue weighted by Crippen LogP contribution is -2.38. The van der Waals surface area contributed by atoms with E-state index in [1.165, 1.54) is 4.90 Å². The summed E-state index contributed by atoms with van der Waals surface area (Å²) < 4.78 is 5.37. The zero-order valence-electron chi connectivity index (χ0n) is 13.8. The lowest BCUT2D eigenvalue weighted by atomic mass is 9.76. The third-order valence-electron chi connectivity index (χ3n) is 4.10. The molecule has 1 fully saturated rings. The van der Waals surface area contributed by atoms with E-state index in [0.717, 1.165) is 5.56 Å². The molecule has 1 saturated heterocycles. The minimum Gasteiger partial charge on any atom is -0.481 e. The van der Waals surface area contributed by atoms with Crippen molar-refractivity contribution in [2.24, 2.45) is 5.41 Å². The number of benzene rings is 1. The van der Waals surface area contributed by atoms with Gasteiger partial charge in [0, 0.05) is 24.0 Å². The van der Waals surface area contributed by atoms with Crippen LogP contribution in [0.15, 0.2) is 24.3 Å². The van der Waals surface area contributed by atoms with Crippen molar-refractivity contribution in [1.82, 2.24) is 4.90 Å². The van der Waals surface area contributed by atoms with Crippen LogP contribution in [0.3, 0.4) is 0 Å². The van der Waals surface area contributed by atoms with Crippen LogP contribution in [0.4, 0.5) is 4.79 Å². The number of hydrogen-bond donors (Lipinski definition) is 1. The number of nitrogens with zero attached hydrogens (tertiary/aromatic N) is 1. The van der Waals surface area contributed by atoms with Crippen molar-refractivity contribution < 1.29 is 19.4 Å². The molecule has 6 heteroatoms. The molecule has 0 aliphatic carbocycles. The van der Waals surface area contributed by atoms with E-state index in [4.69, 9.17) is 16.3 Å². The third-order valence-corrected chi connectivity index (χ3v) is 4.36. The number of carbonyl (C=O) groups excluding carboxylic acids is 1. The maximum atomic E-state index is 12.3. The highest BCUT2D eigenvalue weighted by Crippen LogP contribution is 2.43. The standard InChI is InChI=1S/C17H22ClNO4/c1-16(2,3)23-15(22)19-9-13(17(4,10-19)14(20)21)11-5-7-12(18)8-6-11/h5-8,13H,9-10H2,1-4H3,(H,20,21)/t13-,17+/m0/s1. The highest BCUT2D eigenvalue weighted by atomic mass is 35.5. The van der Waals surface area contributed by atoms with Crippen LogP contribution in [0.2, 0.25) is 5.02 Å². The van der Waals surface area contributed by atoms with Gasteiger partial charge in [-0.05, 0) is 45.4 Å². The monoisotopic (exact) mass is 339 g/mol. The second-order valence-electron chi connectivity index (χ2n) is 7.19. The molecule has 0 spiro atoms. The van der Waals surface area contributed by atoms with Crippen LogP contribution in [0.5, 0.6) is 0 Å². The molecule has 23 heavy (non-hydrogen) atoms. The lowest BCUT2D eigenvalue weighted by molar-refractivity contribution is -0.147. The quantitative estimate of drug-likeness (QED) is 0.890. The molecule has 0 saturated carbocycles. The number of halogens is 1. The van der Waals surface area contributed by atoms with Crippen LogP contribution in [-0.4, -0.2) is 40.8 Å². The molecule has 5 nitrogen and oxygen atoms in total. The molecule has 1 aromatic rings. The predicted octanol–water partition coefficient (Wildman–Crippen LogP) is 3.77. The Labute approximate surface area is 141 Å². The van der Waals surface area contributed by atoms with Crippen molar-refractivity contribution in [3.63, 3.8) is 0 Å². The number of ether oxygens (including phenoxy) is 1. The summed E-state index contributed by atoms with van der Waals surface area (Å²) in [5.41, 5.74) is -0.829. The molecule has 1 aliphatic rings. The Bertz CT molecular complexity index is 608. The van der Waals surface area contributed by atoms with Crippen LogP contribution in [-0.2, 0) is 9.53 Å². The summed E-state index contributed by atoms with van der Waals surface area (Å²) in [4.78, 5) is 25.6. The van der Waals surface area contributed by atoms with E-state index in [1.54, 1.807) is 39.8 Å². The van der Waals surface area contributed by atoms with Crippen LogP contribution in [0, 0.1) is 5.41 Å². The van der Waals surface area contributed by atoms with Gasteiger partial charge in [0.05, 0.1) is 5.41 Å². The van der Waals surface area contributed by atoms with Gasteiger partial charge in [-0.25, -0.2) is 4.79 Å². The molecule has 1 amide bonds. The van der Waals surface area contributed by atoms with Crippen LogP contribution in [0.25, 0.3) is 0 Å². The molecule has 1 heterocycles. The summed E-state index contributed by atoms with van der Waals surface area (Å²) in [6.07, 6.45) is -0.485. The first kappa shape index (κ1) is 17.6.